The number of fused-ring (bicyclic) bond motifs is 5. The van der Waals surface area contributed by atoms with E-state index in [1.807, 2.05) is 0 Å². The Balaban J connectivity index is 1.85. The van der Waals surface area contributed by atoms with E-state index in [1.54, 1.807) is 0 Å². The van der Waals surface area contributed by atoms with Crippen molar-refractivity contribution in [1.29, 1.82) is 0 Å². The lowest BCUT2D eigenvalue weighted by Crippen LogP contribution is -2.35. The molecule has 5 heteroatoms. The second kappa shape index (κ2) is 3.26. The minimum absolute atomic E-state index is 0.0496. The van der Waals surface area contributed by atoms with E-state index >= 15 is 0 Å². The van der Waals surface area contributed by atoms with Gasteiger partial charge in [-0.15, -0.1) is 8.58 Å². The van der Waals surface area contributed by atoms with E-state index in [9.17, 15) is 9.59 Å². The molecule has 3 aliphatic rings. The number of hydrogen-bond donors (Lipinski definition) is 0. The molecule has 82 valence electrons. The molecule has 3 heterocycles. The van der Waals surface area contributed by atoms with Crippen LogP contribution in [0.3, 0.4) is 0 Å². The zero-order chi connectivity index (χ0) is 10.6. The molecular formula is C10H13O4P. The first-order valence-corrected chi connectivity index (χ1v) is 6.98. The first kappa shape index (κ1) is 9.73. The summed E-state index contributed by atoms with van der Waals surface area (Å²) < 4.78 is 10.4. The Hall–Kier alpha value is -0.470. The summed E-state index contributed by atoms with van der Waals surface area (Å²) in [4.78, 5) is 22.9. The van der Waals surface area contributed by atoms with Gasteiger partial charge in [-0.3, -0.25) is 9.59 Å². The Morgan fingerprint density at radius 2 is 2.07 bits per heavy atom. The van der Waals surface area contributed by atoms with Crippen LogP contribution in [-0.2, 0) is 19.1 Å². The minimum atomic E-state index is -0.366. The molecule has 6 atom stereocenters. The lowest BCUT2D eigenvalue weighted by atomic mass is 9.76. The highest BCUT2D eigenvalue weighted by Gasteiger charge is 2.64. The number of hydrogen-bond acceptors (Lipinski definition) is 4. The maximum atomic E-state index is 11.5. The quantitative estimate of drug-likeness (QED) is 0.390. The zero-order valence-electron chi connectivity index (χ0n) is 8.43. The van der Waals surface area contributed by atoms with Crippen LogP contribution in [0.4, 0.5) is 0 Å². The number of esters is 2. The van der Waals surface area contributed by atoms with Crippen molar-refractivity contribution >= 4 is 20.5 Å². The van der Waals surface area contributed by atoms with E-state index in [-0.39, 0.29) is 36.0 Å². The Morgan fingerprint density at radius 1 is 1.33 bits per heavy atom. The Labute approximate surface area is 89.5 Å². The third-order valence-electron chi connectivity index (χ3n) is 3.68. The molecule has 0 aromatic rings. The first-order chi connectivity index (χ1) is 7.22. The molecule has 3 fully saturated rings. The van der Waals surface area contributed by atoms with Crippen molar-refractivity contribution in [2.24, 2.45) is 17.8 Å². The fourth-order valence-electron chi connectivity index (χ4n) is 3.12. The van der Waals surface area contributed by atoms with Gasteiger partial charge in [-0.25, -0.2) is 0 Å². The molecule has 0 saturated carbocycles. The number of ether oxygens (including phenoxy) is 2. The summed E-state index contributed by atoms with van der Waals surface area (Å²) >= 11 is 0. The van der Waals surface area contributed by atoms with Crippen molar-refractivity contribution < 1.29 is 19.1 Å². The number of carbonyl (C=O) groups is 2. The number of cyclic esters (lactones) is 2. The van der Waals surface area contributed by atoms with Crippen LogP contribution in [0.15, 0.2) is 0 Å². The molecule has 0 aromatic heterocycles. The molecule has 4 nitrogen and oxygen atoms in total. The van der Waals surface area contributed by atoms with E-state index in [4.69, 9.17) is 4.74 Å². The Kier molecular flexibility index (Phi) is 2.12. The highest BCUT2D eigenvalue weighted by molar-refractivity contribution is 7.37. The molecule has 2 bridgehead atoms. The molecule has 0 spiro atoms. The molecular weight excluding hydrogens is 215 g/mol. The predicted octanol–water partition coefficient (Wildman–Crippen LogP) is 0.398. The molecule has 0 amide bonds. The third-order valence-corrected chi connectivity index (χ3v) is 4.62. The maximum Gasteiger partial charge on any atom is 0.320 e. The lowest BCUT2D eigenvalue weighted by Gasteiger charge is -2.23. The number of carbonyl (C=O) groups excluding carboxylic acids is 2. The minimum Gasteiger partial charge on any atom is -0.393 e. The van der Waals surface area contributed by atoms with Gasteiger partial charge in [-0.1, -0.05) is 0 Å². The fourth-order valence-corrected chi connectivity index (χ4v) is 4.05. The molecule has 5 unspecified atom stereocenters. The first-order valence-electron chi connectivity index (χ1n) is 5.28. The average molecular weight is 228 g/mol. The average Bonchev–Trinajstić information content (AvgIpc) is 2.80. The van der Waals surface area contributed by atoms with Crippen molar-refractivity contribution in [1.82, 2.24) is 0 Å². The van der Waals surface area contributed by atoms with Crippen LogP contribution in [0.2, 0.25) is 0 Å². The molecule has 0 N–H and O–H groups in total. The summed E-state index contributed by atoms with van der Waals surface area (Å²) in [5, 5.41) is 0. The Morgan fingerprint density at radius 3 is 2.80 bits per heavy atom. The smallest absolute Gasteiger partial charge is 0.320 e. The van der Waals surface area contributed by atoms with Gasteiger partial charge in [0, 0.05) is 0 Å². The van der Waals surface area contributed by atoms with Gasteiger partial charge in [0.2, 0.25) is 0 Å². The summed E-state index contributed by atoms with van der Waals surface area (Å²) in [5.74, 6) is -0.855. The lowest BCUT2D eigenvalue weighted by molar-refractivity contribution is -0.156. The number of rotatable bonds is 2. The van der Waals surface area contributed by atoms with E-state index in [1.165, 1.54) is 0 Å². The van der Waals surface area contributed by atoms with Crippen LogP contribution in [0.25, 0.3) is 0 Å². The molecule has 15 heavy (non-hydrogen) atoms. The molecule has 0 aliphatic carbocycles. The second-order valence-electron chi connectivity index (χ2n) is 4.48. The van der Waals surface area contributed by atoms with Crippen LogP contribution in [0.5, 0.6) is 0 Å². The SMILES string of the molecule is CPC[C@@H]1CC2OC1C1C(=O)OC(=O)C21. The van der Waals surface area contributed by atoms with Crippen LogP contribution < -0.4 is 0 Å². The van der Waals surface area contributed by atoms with Crippen molar-refractivity contribution in [3.63, 3.8) is 0 Å². The standard InChI is InChI=1S/C10H13O4P/c1-15-3-4-2-5-6-7(8(4)13-5)10(12)14-9(6)11/h4-8,15H,2-3H2,1H3/t4-,5?,6?,7?,8?/m0/s1. The summed E-state index contributed by atoms with van der Waals surface area (Å²) in [6.07, 6.45) is 1.92. The highest BCUT2D eigenvalue weighted by Crippen LogP contribution is 2.51. The molecule has 3 rings (SSSR count). The van der Waals surface area contributed by atoms with E-state index in [0.29, 0.717) is 5.92 Å². The topological polar surface area (TPSA) is 52.6 Å². The monoisotopic (exact) mass is 228 g/mol. The molecule has 0 aromatic carbocycles. The van der Waals surface area contributed by atoms with E-state index in [2.05, 4.69) is 11.4 Å². The van der Waals surface area contributed by atoms with Gasteiger partial charge >= 0.3 is 11.9 Å². The summed E-state index contributed by atoms with van der Waals surface area (Å²) in [7, 11) is 0.874. The van der Waals surface area contributed by atoms with Crippen molar-refractivity contribution in [3.05, 3.63) is 0 Å². The van der Waals surface area contributed by atoms with Gasteiger partial charge in [-0.2, -0.15) is 0 Å². The van der Waals surface area contributed by atoms with Gasteiger partial charge in [0.05, 0.1) is 24.0 Å². The van der Waals surface area contributed by atoms with Crippen LogP contribution >= 0.6 is 8.58 Å². The van der Waals surface area contributed by atoms with Gasteiger partial charge in [-0.05, 0) is 25.2 Å². The largest absolute Gasteiger partial charge is 0.393 e. The highest BCUT2D eigenvalue weighted by atomic mass is 31.1. The third kappa shape index (κ3) is 1.21. The molecule has 3 aliphatic heterocycles. The van der Waals surface area contributed by atoms with Gasteiger partial charge < -0.3 is 9.47 Å². The van der Waals surface area contributed by atoms with Gasteiger partial charge in [0.25, 0.3) is 0 Å². The van der Waals surface area contributed by atoms with Gasteiger partial charge in [0.1, 0.15) is 0 Å². The Bertz CT molecular complexity index is 329. The van der Waals surface area contributed by atoms with Crippen molar-refractivity contribution in [2.75, 3.05) is 12.8 Å². The van der Waals surface area contributed by atoms with Crippen molar-refractivity contribution in [2.45, 2.75) is 18.6 Å². The van der Waals surface area contributed by atoms with Crippen LogP contribution in [0, 0.1) is 17.8 Å². The normalized spacial score (nSPS) is 47.9. The summed E-state index contributed by atoms with van der Waals surface area (Å²) in [6, 6.07) is 0. The van der Waals surface area contributed by atoms with E-state index < -0.39 is 0 Å². The second-order valence-corrected chi connectivity index (χ2v) is 5.60. The molecule has 3 saturated heterocycles. The van der Waals surface area contributed by atoms with Crippen LogP contribution in [0.1, 0.15) is 6.42 Å². The summed E-state index contributed by atoms with van der Waals surface area (Å²) in [6.45, 7) is 2.15. The summed E-state index contributed by atoms with van der Waals surface area (Å²) in [5.41, 5.74) is 0. The molecule has 0 radical (unpaired) electrons. The predicted molar refractivity (Wildman–Crippen MR) is 54.0 cm³/mol. The maximum absolute atomic E-state index is 11.5. The fraction of sp³-hybridized carbons (Fsp3) is 0.800. The van der Waals surface area contributed by atoms with Crippen LogP contribution in [-0.4, -0.2) is 37.0 Å². The van der Waals surface area contributed by atoms with E-state index in [0.717, 1.165) is 21.2 Å². The zero-order valence-corrected chi connectivity index (χ0v) is 9.43. The van der Waals surface area contributed by atoms with Gasteiger partial charge in [0.15, 0.2) is 0 Å². The van der Waals surface area contributed by atoms with Crippen molar-refractivity contribution in [3.8, 4) is 0 Å².